The van der Waals surface area contributed by atoms with Crippen LogP contribution in [0.1, 0.15) is 19.4 Å². The van der Waals surface area contributed by atoms with Gasteiger partial charge in [-0.15, -0.1) is 0 Å². The van der Waals surface area contributed by atoms with Gasteiger partial charge in [0.1, 0.15) is 24.0 Å². The van der Waals surface area contributed by atoms with Gasteiger partial charge in [-0.25, -0.2) is 14.1 Å². The topological polar surface area (TPSA) is 90.1 Å². The second-order valence-corrected chi connectivity index (χ2v) is 9.36. The third kappa shape index (κ3) is 5.12. The summed E-state index contributed by atoms with van der Waals surface area (Å²) in [5.41, 5.74) is 2.18. The summed E-state index contributed by atoms with van der Waals surface area (Å²) in [6.45, 7) is 5.09. The minimum absolute atomic E-state index is 0.153. The first kappa shape index (κ1) is 23.5. The average Bonchev–Trinajstić information content (AvgIpc) is 3.43. The van der Waals surface area contributed by atoms with Crippen molar-refractivity contribution in [3.63, 3.8) is 0 Å². The maximum absolute atomic E-state index is 13.4. The molecule has 8 nitrogen and oxygen atoms in total. The molecule has 1 aliphatic heterocycles. The van der Waals surface area contributed by atoms with Gasteiger partial charge in [-0.3, -0.25) is 20.2 Å². The first-order valence-electron chi connectivity index (χ1n) is 10.8. The summed E-state index contributed by atoms with van der Waals surface area (Å²) in [6, 6.07) is 13.9. The Labute approximate surface area is 202 Å². The van der Waals surface area contributed by atoms with Crippen LogP contribution in [0.4, 0.5) is 4.39 Å². The molecule has 0 atom stereocenters. The fraction of sp³-hybridized carbons (Fsp3) is 0.250. The monoisotopic (exact) mass is 479 g/mol. The summed E-state index contributed by atoms with van der Waals surface area (Å²) in [4.78, 5) is 17.9. The van der Waals surface area contributed by atoms with E-state index in [4.69, 9.17) is 5.41 Å². The standard InChI is InChI=1S/C24H26FN7OS/c1-16(2)13-32-22(26)21(24(33)30(32)3)23(34-20-10-6-18(25)7-11-20)28-12-17-4-8-19(9-5-17)31-15-27-14-29-31/h4-11,14-16,26,28H,12-13H2,1-3H3/b23-21-,26-22?. The van der Waals surface area contributed by atoms with Crippen molar-refractivity contribution < 1.29 is 9.18 Å². The Morgan fingerprint density at radius 3 is 2.47 bits per heavy atom. The number of hydrogen-bond donors (Lipinski definition) is 2. The van der Waals surface area contributed by atoms with Crippen LogP contribution in [0.2, 0.25) is 0 Å². The van der Waals surface area contributed by atoms with E-state index < -0.39 is 0 Å². The van der Waals surface area contributed by atoms with E-state index in [0.717, 1.165) is 16.1 Å². The van der Waals surface area contributed by atoms with Gasteiger partial charge in [0.2, 0.25) is 0 Å². The Morgan fingerprint density at radius 1 is 1.15 bits per heavy atom. The number of carbonyl (C=O) groups is 1. The molecule has 1 amide bonds. The lowest BCUT2D eigenvalue weighted by atomic mass is 10.2. The van der Waals surface area contributed by atoms with Gasteiger partial charge in [-0.05, 0) is 47.9 Å². The Balaban J connectivity index is 1.61. The van der Waals surface area contributed by atoms with Crippen molar-refractivity contribution in [3.05, 3.63) is 83.2 Å². The lowest BCUT2D eigenvalue weighted by Crippen LogP contribution is -2.39. The summed E-state index contributed by atoms with van der Waals surface area (Å²) in [5.74, 6) is -0.143. The van der Waals surface area contributed by atoms with Crippen molar-refractivity contribution in [2.45, 2.75) is 25.3 Å². The van der Waals surface area contributed by atoms with E-state index in [0.29, 0.717) is 23.7 Å². The lowest BCUT2D eigenvalue weighted by Gasteiger charge is -2.26. The molecule has 0 aliphatic carbocycles. The summed E-state index contributed by atoms with van der Waals surface area (Å²) in [5, 5.41) is 19.9. The number of carbonyl (C=O) groups excluding carboxylic acids is 1. The number of amidine groups is 1. The van der Waals surface area contributed by atoms with Crippen molar-refractivity contribution in [1.29, 1.82) is 5.41 Å². The molecular weight excluding hydrogens is 453 g/mol. The Morgan fingerprint density at radius 2 is 1.85 bits per heavy atom. The van der Waals surface area contributed by atoms with Crippen LogP contribution in [-0.2, 0) is 11.3 Å². The number of halogens is 1. The maximum Gasteiger partial charge on any atom is 0.278 e. The van der Waals surface area contributed by atoms with Gasteiger partial charge < -0.3 is 5.32 Å². The molecular formula is C24H26FN7OS. The first-order chi connectivity index (χ1) is 16.3. The number of benzene rings is 2. The number of likely N-dealkylation sites (N-methyl/N-ethyl adjacent to an activating group) is 1. The van der Waals surface area contributed by atoms with Gasteiger partial charge in [-0.1, -0.05) is 37.7 Å². The molecule has 0 bridgehead atoms. The zero-order valence-electron chi connectivity index (χ0n) is 19.2. The molecule has 0 radical (unpaired) electrons. The van der Waals surface area contributed by atoms with Gasteiger partial charge in [0, 0.05) is 25.0 Å². The van der Waals surface area contributed by atoms with Gasteiger partial charge in [0.05, 0.1) is 10.7 Å². The van der Waals surface area contributed by atoms with E-state index in [1.165, 1.54) is 35.2 Å². The molecule has 0 unspecified atom stereocenters. The number of amides is 1. The number of nitrogens with one attached hydrogen (secondary N) is 2. The van der Waals surface area contributed by atoms with Crippen molar-refractivity contribution in [2.75, 3.05) is 13.6 Å². The highest BCUT2D eigenvalue weighted by atomic mass is 32.2. The minimum Gasteiger partial charge on any atom is -0.375 e. The number of rotatable bonds is 8. The highest BCUT2D eigenvalue weighted by Crippen LogP contribution is 2.32. The fourth-order valence-electron chi connectivity index (χ4n) is 3.50. The SMILES string of the molecule is CC(C)CN1C(=N)/C(=C(\NCc2ccc(-n3cncn3)cc2)Sc2ccc(F)cc2)C(=O)N1C. The highest BCUT2D eigenvalue weighted by molar-refractivity contribution is 8.03. The van der Waals surface area contributed by atoms with Crippen LogP contribution in [0.3, 0.4) is 0 Å². The second-order valence-electron chi connectivity index (χ2n) is 8.27. The molecule has 2 heterocycles. The van der Waals surface area contributed by atoms with Crippen molar-refractivity contribution >= 4 is 23.5 Å². The third-order valence-corrected chi connectivity index (χ3v) is 6.30. The van der Waals surface area contributed by atoms with Gasteiger partial charge >= 0.3 is 0 Å². The van der Waals surface area contributed by atoms with Crippen LogP contribution >= 0.6 is 11.8 Å². The molecule has 4 rings (SSSR count). The van der Waals surface area contributed by atoms with Crippen molar-refractivity contribution in [2.24, 2.45) is 5.92 Å². The predicted octanol–water partition coefficient (Wildman–Crippen LogP) is 3.82. The number of hydrazine groups is 1. The van der Waals surface area contributed by atoms with E-state index in [1.54, 1.807) is 35.2 Å². The number of aromatic nitrogens is 3. The van der Waals surface area contributed by atoms with E-state index >= 15 is 0 Å². The molecule has 3 aromatic rings. The molecule has 2 aromatic carbocycles. The fourth-order valence-corrected chi connectivity index (χ4v) is 4.44. The quantitative estimate of drug-likeness (QED) is 0.377. The molecule has 10 heteroatoms. The Kier molecular flexibility index (Phi) is 6.97. The van der Waals surface area contributed by atoms with Crippen LogP contribution in [0.25, 0.3) is 5.69 Å². The van der Waals surface area contributed by atoms with E-state index in [9.17, 15) is 9.18 Å². The van der Waals surface area contributed by atoms with Crippen LogP contribution in [-0.4, -0.2) is 50.1 Å². The molecule has 1 aliphatic rings. The summed E-state index contributed by atoms with van der Waals surface area (Å²) in [7, 11) is 1.68. The van der Waals surface area contributed by atoms with Crippen LogP contribution in [0.15, 0.2) is 76.7 Å². The lowest BCUT2D eigenvalue weighted by molar-refractivity contribution is -0.132. The number of hydrogen-bond acceptors (Lipinski definition) is 6. The van der Waals surface area contributed by atoms with Gasteiger partial charge in [0.15, 0.2) is 5.84 Å². The summed E-state index contributed by atoms with van der Waals surface area (Å²) >= 11 is 1.31. The molecule has 176 valence electrons. The third-order valence-electron chi connectivity index (χ3n) is 5.24. The maximum atomic E-state index is 13.4. The van der Waals surface area contributed by atoms with E-state index in [2.05, 4.69) is 15.4 Å². The van der Waals surface area contributed by atoms with Crippen molar-refractivity contribution in [3.8, 4) is 5.69 Å². The molecule has 34 heavy (non-hydrogen) atoms. The zero-order chi connectivity index (χ0) is 24.2. The normalized spacial score (nSPS) is 15.4. The minimum atomic E-state index is -0.327. The van der Waals surface area contributed by atoms with Gasteiger partial charge in [-0.2, -0.15) is 5.10 Å². The second kappa shape index (κ2) is 10.1. The molecule has 0 saturated carbocycles. The van der Waals surface area contributed by atoms with Crippen molar-refractivity contribution in [1.82, 2.24) is 30.1 Å². The van der Waals surface area contributed by atoms with E-state index in [-0.39, 0.29) is 23.5 Å². The summed E-state index contributed by atoms with van der Waals surface area (Å²) in [6.07, 6.45) is 3.11. The smallest absolute Gasteiger partial charge is 0.278 e. The number of nitrogens with zero attached hydrogens (tertiary/aromatic N) is 5. The number of thioether (sulfide) groups is 1. The highest BCUT2D eigenvalue weighted by Gasteiger charge is 2.38. The van der Waals surface area contributed by atoms with Gasteiger partial charge in [0.25, 0.3) is 5.91 Å². The van der Waals surface area contributed by atoms with Crippen LogP contribution in [0, 0.1) is 17.1 Å². The molecule has 1 saturated heterocycles. The Bertz CT molecular complexity index is 1190. The van der Waals surface area contributed by atoms with E-state index in [1.807, 2.05) is 38.1 Å². The Hall–Kier alpha value is -3.66. The molecule has 0 spiro atoms. The predicted molar refractivity (Wildman–Crippen MR) is 130 cm³/mol. The average molecular weight is 480 g/mol. The largest absolute Gasteiger partial charge is 0.375 e. The van der Waals surface area contributed by atoms with Crippen LogP contribution < -0.4 is 5.32 Å². The molecule has 1 fully saturated rings. The molecule has 2 N–H and O–H groups in total. The molecule has 1 aromatic heterocycles. The summed E-state index contributed by atoms with van der Waals surface area (Å²) < 4.78 is 15.1. The zero-order valence-corrected chi connectivity index (χ0v) is 20.0. The van der Waals surface area contributed by atoms with Crippen LogP contribution in [0.5, 0.6) is 0 Å². The first-order valence-corrected chi connectivity index (χ1v) is 11.6.